The zero-order valence-electron chi connectivity index (χ0n) is 17.1. The van der Waals surface area contributed by atoms with Crippen LogP contribution in [0.2, 0.25) is 0 Å². The van der Waals surface area contributed by atoms with Gasteiger partial charge in [-0.1, -0.05) is 19.3 Å². The van der Waals surface area contributed by atoms with E-state index < -0.39 is 22.4 Å². The van der Waals surface area contributed by atoms with Gasteiger partial charge in [0.05, 0.1) is 11.4 Å². The first-order valence-corrected chi connectivity index (χ1v) is 10.5. The number of thioether (sulfide) groups is 1. The molecule has 27 heavy (non-hydrogen) atoms. The summed E-state index contributed by atoms with van der Waals surface area (Å²) in [5.41, 5.74) is 5.06. The summed E-state index contributed by atoms with van der Waals surface area (Å²) in [6.07, 6.45) is 4.93. The SMILES string of the molecule is CC(C)(C)OC(=O)CNC(=O)[C@H]1N(C(=O)CN)C2(CCCCC2)SC1(C)C. The number of hydrogen-bond acceptors (Lipinski definition) is 6. The van der Waals surface area contributed by atoms with E-state index in [4.69, 9.17) is 10.5 Å². The van der Waals surface area contributed by atoms with Crippen LogP contribution in [0.4, 0.5) is 0 Å². The molecule has 1 aliphatic carbocycles. The number of carbonyl (C=O) groups is 3. The van der Waals surface area contributed by atoms with E-state index in [1.54, 1.807) is 37.4 Å². The van der Waals surface area contributed by atoms with Crippen LogP contribution in [0.1, 0.15) is 66.7 Å². The summed E-state index contributed by atoms with van der Waals surface area (Å²) in [6.45, 7) is 8.94. The summed E-state index contributed by atoms with van der Waals surface area (Å²) in [5.74, 6) is -1.04. The zero-order valence-corrected chi connectivity index (χ0v) is 17.9. The molecule has 8 heteroatoms. The van der Waals surface area contributed by atoms with Crippen LogP contribution in [0.15, 0.2) is 0 Å². The molecular weight excluding hydrogens is 366 g/mol. The van der Waals surface area contributed by atoms with Gasteiger partial charge in [-0.2, -0.15) is 0 Å². The van der Waals surface area contributed by atoms with Gasteiger partial charge in [0.15, 0.2) is 0 Å². The number of rotatable bonds is 4. The van der Waals surface area contributed by atoms with Crippen molar-refractivity contribution >= 4 is 29.5 Å². The number of nitrogens with two attached hydrogens (primary N) is 1. The molecule has 0 radical (unpaired) electrons. The highest BCUT2D eigenvalue weighted by atomic mass is 32.2. The summed E-state index contributed by atoms with van der Waals surface area (Å²) in [5, 5.41) is 2.67. The maximum atomic E-state index is 13.0. The second-order valence-electron chi connectivity index (χ2n) is 8.89. The zero-order chi connectivity index (χ0) is 20.5. The molecule has 2 rings (SSSR count). The van der Waals surface area contributed by atoms with Gasteiger partial charge in [-0.15, -0.1) is 11.8 Å². The summed E-state index contributed by atoms with van der Waals surface area (Å²) in [6, 6.07) is -0.668. The van der Waals surface area contributed by atoms with Crippen molar-refractivity contribution in [1.29, 1.82) is 0 Å². The van der Waals surface area contributed by atoms with Crippen LogP contribution in [0.25, 0.3) is 0 Å². The third-order valence-electron chi connectivity index (χ3n) is 4.96. The Morgan fingerprint density at radius 3 is 2.30 bits per heavy atom. The summed E-state index contributed by atoms with van der Waals surface area (Å²) < 4.78 is 4.78. The van der Waals surface area contributed by atoms with Crippen molar-refractivity contribution in [2.45, 2.75) is 88.0 Å². The molecule has 0 aromatic carbocycles. The Balaban J connectivity index is 2.19. The first-order chi connectivity index (χ1) is 12.4. The smallest absolute Gasteiger partial charge is 0.325 e. The van der Waals surface area contributed by atoms with Crippen LogP contribution in [0.5, 0.6) is 0 Å². The van der Waals surface area contributed by atoms with E-state index in [9.17, 15) is 14.4 Å². The number of hydrogen-bond donors (Lipinski definition) is 2. The van der Waals surface area contributed by atoms with Gasteiger partial charge in [-0.3, -0.25) is 14.4 Å². The molecule has 0 bridgehead atoms. The van der Waals surface area contributed by atoms with Crippen molar-refractivity contribution in [3.63, 3.8) is 0 Å². The fourth-order valence-corrected chi connectivity index (χ4v) is 6.23. The number of carbonyl (C=O) groups excluding carboxylic acids is 3. The van der Waals surface area contributed by atoms with Crippen LogP contribution in [0.3, 0.4) is 0 Å². The Hall–Kier alpha value is -1.28. The van der Waals surface area contributed by atoms with Gasteiger partial charge in [0, 0.05) is 4.75 Å². The Bertz CT molecular complexity index is 594. The van der Waals surface area contributed by atoms with Crippen molar-refractivity contribution in [1.82, 2.24) is 10.2 Å². The van der Waals surface area contributed by atoms with Gasteiger partial charge in [-0.05, 0) is 47.5 Å². The molecule has 1 aliphatic heterocycles. The molecule has 0 aromatic rings. The van der Waals surface area contributed by atoms with Crippen LogP contribution in [-0.4, -0.2) is 57.0 Å². The third kappa shape index (κ3) is 4.96. The molecule has 1 heterocycles. The maximum absolute atomic E-state index is 13.0. The van der Waals surface area contributed by atoms with Crippen LogP contribution in [-0.2, 0) is 19.1 Å². The van der Waals surface area contributed by atoms with E-state index in [2.05, 4.69) is 5.32 Å². The van der Waals surface area contributed by atoms with Gasteiger partial charge in [0.25, 0.3) is 0 Å². The molecule has 2 aliphatic rings. The lowest BCUT2D eigenvalue weighted by molar-refractivity contribution is -0.155. The first-order valence-electron chi connectivity index (χ1n) is 9.64. The predicted molar refractivity (Wildman–Crippen MR) is 106 cm³/mol. The number of amides is 2. The number of esters is 1. The van der Waals surface area contributed by atoms with Crippen LogP contribution >= 0.6 is 11.8 Å². The monoisotopic (exact) mass is 399 g/mol. The Morgan fingerprint density at radius 1 is 1.19 bits per heavy atom. The molecule has 2 amide bonds. The highest BCUT2D eigenvalue weighted by Crippen LogP contribution is 2.57. The van der Waals surface area contributed by atoms with E-state index in [-0.39, 0.29) is 29.8 Å². The van der Waals surface area contributed by atoms with Crippen molar-refractivity contribution in [2.75, 3.05) is 13.1 Å². The minimum atomic E-state index is -0.668. The number of nitrogens with one attached hydrogen (secondary N) is 1. The fourth-order valence-electron chi connectivity index (χ4n) is 4.12. The minimum Gasteiger partial charge on any atom is -0.459 e. The van der Waals surface area contributed by atoms with Gasteiger partial charge >= 0.3 is 5.97 Å². The topological polar surface area (TPSA) is 102 Å². The highest BCUT2D eigenvalue weighted by Gasteiger charge is 2.60. The molecule has 154 valence electrons. The Labute approximate surface area is 166 Å². The molecular formula is C19H33N3O4S. The molecule has 1 atom stereocenters. The van der Waals surface area contributed by atoms with Gasteiger partial charge in [0.1, 0.15) is 18.2 Å². The largest absolute Gasteiger partial charge is 0.459 e. The normalized spacial score (nSPS) is 23.9. The van der Waals surface area contributed by atoms with Gasteiger partial charge in [0.2, 0.25) is 11.8 Å². The highest BCUT2D eigenvalue weighted by molar-refractivity contribution is 8.02. The fraction of sp³-hybridized carbons (Fsp3) is 0.842. The van der Waals surface area contributed by atoms with E-state index in [1.165, 1.54) is 0 Å². The third-order valence-corrected chi connectivity index (χ3v) is 6.70. The van der Waals surface area contributed by atoms with E-state index >= 15 is 0 Å². The lowest BCUT2D eigenvalue weighted by atomic mass is 9.90. The van der Waals surface area contributed by atoms with Crippen LogP contribution in [0, 0.1) is 0 Å². The van der Waals surface area contributed by atoms with E-state index in [1.807, 2.05) is 13.8 Å². The standard InChI is InChI=1S/C19H33N3O4S/c1-17(2,3)26-14(24)12-21-16(25)15-18(4,5)27-19(9-7-6-8-10-19)22(15)13(23)11-20/h15H,6-12,20H2,1-5H3,(H,21,25)/t15-/m1/s1. The van der Waals surface area contributed by atoms with E-state index in [0.29, 0.717) is 0 Å². The van der Waals surface area contributed by atoms with Crippen molar-refractivity contribution in [3.8, 4) is 0 Å². The Morgan fingerprint density at radius 2 is 1.78 bits per heavy atom. The molecule has 1 saturated heterocycles. The van der Waals surface area contributed by atoms with Gasteiger partial charge < -0.3 is 20.7 Å². The lowest BCUT2D eigenvalue weighted by Crippen LogP contribution is -2.59. The first kappa shape index (κ1) is 22.0. The minimum absolute atomic E-state index is 0.131. The molecule has 0 aromatic heterocycles. The summed E-state index contributed by atoms with van der Waals surface area (Å²) in [7, 11) is 0. The van der Waals surface area contributed by atoms with E-state index in [0.717, 1.165) is 32.1 Å². The molecule has 2 fully saturated rings. The molecule has 1 saturated carbocycles. The summed E-state index contributed by atoms with van der Waals surface area (Å²) in [4.78, 5) is 39.0. The average Bonchev–Trinajstić information content (AvgIpc) is 2.77. The predicted octanol–water partition coefficient (Wildman–Crippen LogP) is 1.79. The molecule has 7 nitrogen and oxygen atoms in total. The van der Waals surface area contributed by atoms with Crippen LogP contribution < -0.4 is 11.1 Å². The average molecular weight is 400 g/mol. The second kappa shape index (κ2) is 7.99. The number of ether oxygens (including phenoxy) is 1. The quantitative estimate of drug-likeness (QED) is 0.699. The number of nitrogens with zero attached hydrogens (tertiary/aromatic N) is 1. The molecule has 3 N–H and O–H groups in total. The lowest BCUT2D eigenvalue weighted by Gasteiger charge is -2.42. The van der Waals surface area contributed by atoms with Crippen molar-refractivity contribution < 1.29 is 19.1 Å². The maximum Gasteiger partial charge on any atom is 0.325 e. The van der Waals surface area contributed by atoms with Gasteiger partial charge in [-0.25, -0.2) is 0 Å². The molecule has 1 spiro atoms. The Kier molecular flexibility index (Phi) is 6.52. The molecule has 0 unspecified atom stereocenters. The van der Waals surface area contributed by atoms with Crippen molar-refractivity contribution in [3.05, 3.63) is 0 Å². The van der Waals surface area contributed by atoms with Crippen molar-refractivity contribution in [2.24, 2.45) is 5.73 Å². The second-order valence-corrected chi connectivity index (χ2v) is 10.9. The summed E-state index contributed by atoms with van der Waals surface area (Å²) >= 11 is 1.70.